The summed E-state index contributed by atoms with van der Waals surface area (Å²) < 4.78 is 5.29. The summed E-state index contributed by atoms with van der Waals surface area (Å²) in [5.74, 6) is 0.519. The molecule has 0 radical (unpaired) electrons. The fourth-order valence-electron chi connectivity index (χ4n) is 2.35. The number of aromatic amines is 1. The van der Waals surface area contributed by atoms with E-state index in [1.165, 1.54) is 0 Å². The zero-order chi connectivity index (χ0) is 17.1. The molecule has 0 bridgehead atoms. The van der Waals surface area contributed by atoms with Crippen LogP contribution < -0.4 is 21.5 Å². The third-order valence-corrected chi connectivity index (χ3v) is 4.13. The Kier molecular flexibility index (Phi) is 4.98. The van der Waals surface area contributed by atoms with Crippen molar-refractivity contribution in [2.45, 2.75) is 0 Å². The Balaban J connectivity index is 1.83. The summed E-state index contributed by atoms with van der Waals surface area (Å²) >= 11 is 11.1. The molecule has 1 aromatic carbocycles. The van der Waals surface area contributed by atoms with Gasteiger partial charge in [-0.1, -0.05) is 23.8 Å². The summed E-state index contributed by atoms with van der Waals surface area (Å²) in [6.45, 7) is 2.47. The van der Waals surface area contributed by atoms with Gasteiger partial charge in [-0.05, 0) is 24.3 Å². The number of nitrogens with two attached hydrogens (primary N) is 1. The highest BCUT2D eigenvalue weighted by Gasteiger charge is 2.18. The molecule has 2 heterocycles. The van der Waals surface area contributed by atoms with E-state index in [0.717, 1.165) is 0 Å². The lowest BCUT2D eigenvalue weighted by molar-refractivity contribution is 0.122. The first-order chi connectivity index (χ1) is 11.5. The van der Waals surface area contributed by atoms with Crippen LogP contribution in [0.1, 0.15) is 5.56 Å². The van der Waals surface area contributed by atoms with Gasteiger partial charge in [-0.25, -0.2) is 0 Å². The Hall–Kier alpha value is -2.16. The molecular weight excluding hydrogens is 350 g/mol. The van der Waals surface area contributed by atoms with E-state index >= 15 is 0 Å². The molecule has 1 aromatic heterocycles. The largest absolute Gasteiger partial charge is 0.383 e. The second kappa shape index (κ2) is 7.16. The maximum Gasteiger partial charge on any atom is 0.264 e. The van der Waals surface area contributed by atoms with E-state index in [4.69, 9.17) is 34.3 Å². The first-order valence-corrected chi connectivity index (χ1v) is 8.12. The summed E-state index contributed by atoms with van der Waals surface area (Å²) in [6.07, 6.45) is 0. The van der Waals surface area contributed by atoms with E-state index in [1.54, 1.807) is 24.3 Å². The summed E-state index contributed by atoms with van der Waals surface area (Å²) in [4.78, 5) is 21.5. The number of halogens is 1. The molecule has 7 nitrogen and oxygen atoms in total. The van der Waals surface area contributed by atoms with Crippen molar-refractivity contribution in [3.63, 3.8) is 0 Å². The highest BCUT2D eigenvalue weighted by Crippen LogP contribution is 2.16. The summed E-state index contributed by atoms with van der Waals surface area (Å²) in [5, 5.41) is 3.58. The number of H-pyrrole nitrogens is 1. The summed E-state index contributed by atoms with van der Waals surface area (Å²) in [5.41, 5.74) is 6.45. The van der Waals surface area contributed by atoms with Crippen molar-refractivity contribution in [1.29, 1.82) is 0 Å². The molecular formula is C15H16ClN5O2S. The molecule has 126 valence electrons. The van der Waals surface area contributed by atoms with Gasteiger partial charge in [0.1, 0.15) is 16.4 Å². The quantitative estimate of drug-likeness (QED) is 0.711. The number of nitrogens with zero attached hydrogens (tertiary/aromatic N) is 2. The zero-order valence-corrected chi connectivity index (χ0v) is 14.3. The number of aromatic nitrogens is 2. The average molecular weight is 366 g/mol. The molecule has 0 aliphatic carbocycles. The number of ether oxygens (including phenoxy) is 1. The van der Waals surface area contributed by atoms with Gasteiger partial charge < -0.3 is 20.7 Å². The number of benzene rings is 1. The van der Waals surface area contributed by atoms with Crippen LogP contribution in [0.25, 0.3) is 0 Å². The van der Waals surface area contributed by atoms with Crippen molar-refractivity contribution in [2.75, 3.05) is 42.3 Å². The van der Waals surface area contributed by atoms with Gasteiger partial charge in [-0.15, -0.1) is 0 Å². The van der Waals surface area contributed by atoms with E-state index in [9.17, 15) is 4.79 Å². The van der Waals surface area contributed by atoms with Crippen LogP contribution >= 0.6 is 23.8 Å². The van der Waals surface area contributed by atoms with Crippen LogP contribution in [0.3, 0.4) is 0 Å². The van der Waals surface area contributed by atoms with Crippen LogP contribution in [0.15, 0.2) is 29.1 Å². The van der Waals surface area contributed by atoms with Crippen molar-refractivity contribution in [3.05, 3.63) is 45.2 Å². The second-order valence-corrected chi connectivity index (χ2v) is 6.05. The summed E-state index contributed by atoms with van der Waals surface area (Å²) in [6, 6.07) is 6.96. The number of hydrogen-bond donors (Lipinski definition) is 3. The number of nitrogens with one attached hydrogen (secondary N) is 2. The Morgan fingerprint density at radius 2 is 2.00 bits per heavy atom. The molecule has 0 spiro atoms. The lowest BCUT2D eigenvalue weighted by atomic mass is 10.2. The lowest BCUT2D eigenvalue weighted by Crippen LogP contribution is -2.39. The number of morpholine rings is 1. The van der Waals surface area contributed by atoms with Gasteiger partial charge in [0.2, 0.25) is 5.95 Å². The molecule has 1 aliphatic heterocycles. The number of rotatable bonds is 3. The Bertz CT molecular complexity index is 803. The van der Waals surface area contributed by atoms with E-state index in [2.05, 4.69) is 15.3 Å². The van der Waals surface area contributed by atoms with Crippen LogP contribution in [-0.2, 0) is 4.74 Å². The van der Waals surface area contributed by atoms with Crippen LogP contribution in [0.4, 0.5) is 17.5 Å². The fraction of sp³-hybridized carbons (Fsp3) is 0.267. The third-order valence-electron chi connectivity index (χ3n) is 3.57. The minimum Gasteiger partial charge on any atom is -0.383 e. The van der Waals surface area contributed by atoms with Crippen molar-refractivity contribution < 1.29 is 4.74 Å². The van der Waals surface area contributed by atoms with Gasteiger partial charge >= 0.3 is 0 Å². The van der Waals surface area contributed by atoms with Gasteiger partial charge in [0, 0.05) is 23.8 Å². The van der Waals surface area contributed by atoms with Crippen LogP contribution in [0.2, 0.25) is 5.02 Å². The van der Waals surface area contributed by atoms with Gasteiger partial charge in [-0.3, -0.25) is 9.78 Å². The molecule has 2 aromatic rings. The first-order valence-electron chi connectivity index (χ1n) is 7.34. The van der Waals surface area contributed by atoms with Gasteiger partial charge in [0.05, 0.1) is 13.2 Å². The molecule has 0 saturated carbocycles. The zero-order valence-electron chi connectivity index (χ0n) is 12.7. The van der Waals surface area contributed by atoms with Gasteiger partial charge in [0.25, 0.3) is 5.56 Å². The number of nitrogen functional groups attached to an aromatic ring is 1. The molecule has 9 heteroatoms. The van der Waals surface area contributed by atoms with Crippen molar-refractivity contribution in [1.82, 2.24) is 9.97 Å². The third kappa shape index (κ3) is 3.66. The predicted molar refractivity (Wildman–Crippen MR) is 99.1 cm³/mol. The topological polar surface area (TPSA) is 96.3 Å². The smallest absolute Gasteiger partial charge is 0.264 e. The Morgan fingerprint density at radius 1 is 1.33 bits per heavy atom. The Morgan fingerprint density at radius 3 is 2.62 bits per heavy atom. The van der Waals surface area contributed by atoms with Crippen molar-refractivity contribution in [3.8, 4) is 0 Å². The molecule has 0 unspecified atom stereocenters. The van der Waals surface area contributed by atoms with E-state index in [1.807, 2.05) is 4.90 Å². The first kappa shape index (κ1) is 16.7. The van der Waals surface area contributed by atoms with Gasteiger partial charge in [-0.2, -0.15) is 4.98 Å². The van der Waals surface area contributed by atoms with Crippen LogP contribution in [-0.4, -0.2) is 41.3 Å². The molecule has 1 aliphatic rings. The standard InChI is InChI=1S/C15H16ClN5O2S/c16-9-1-3-10(4-2-9)18-14(24)11-12(17)19-15(20-13(11)22)21-5-7-23-8-6-21/h1-4H,5-8H2,(H,18,24)(H3,17,19,20,22). The van der Waals surface area contributed by atoms with E-state index in [-0.39, 0.29) is 21.9 Å². The minimum absolute atomic E-state index is 0.0895. The molecule has 0 atom stereocenters. The molecule has 3 rings (SSSR count). The predicted octanol–water partition coefficient (Wildman–Crippen LogP) is 1.63. The van der Waals surface area contributed by atoms with E-state index in [0.29, 0.717) is 43.0 Å². The maximum absolute atomic E-state index is 12.4. The molecule has 4 N–H and O–H groups in total. The van der Waals surface area contributed by atoms with Crippen LogP contribution in [0, 0.1) is 0 Å². The van der Waals surface area contributed by atoms with Crippen LogP contribution in [0.5, 0.6) is 0 Å². The monoisotopic (exact) mass is 365 g/mol. The van der Waals surface area contributed by atoms with Crippen molar-refractivity contribution >= 4 is 46.3 Å². The lowest BCUT2D eigenvalue weighted by Gasteiger charge is -2.27. The SMILES string of the molecule is Nc1nc(N2CCOCC2)[nH]c(=O)c1C(=S)Nc1ccc(Cl)cc1. The minimum atomic E-state index is -0.379. The molecule has 1 fully saturated rings. The maximum atomic E-state index is 12.4. The number of thiocarbonyl (C=S) groups is 1. The summed E-state index contributed by atoms with van der Waals surface area (Å²) in [7, 11) is 0. The highest BCUT2D eigenvalue weighted by molar-refractivity contribution is 7.81. The molecule has 24 heavy (non-hydrogen) atoms. The number of hydrogen-bond acceptors (Lipinski definition) is 6. The van der Waals surface area contributed by atoms with Crippen molar-refractivity contribution in [2.24, 2.45) is 0 Å². The molecule has 1 saturated heterocycles. The normalized spacial score (nSPS) is 14.5. The fourth-order valence-corrected chi connectivity index (χ4v) is 2.79. The second-order valence-electron chi connectivity index (χ2n) is 5.21. The van der Waals surface area contributed by atoms with E-state index < -0.39 is 0 Å². The Labute approximate surface area is 148 Å². The number of anilines is 3. The van der Waals surface area contributed by atoms with Gasteiger partial charge in [0.15, 0.2) is 0 Å². The average Bonchev–Trinajstić information content (AvgIpc) is 2.57. The molecule has 0 amide bonds. The highest BCUT2D eigenvalue weighted by atomic mass is 35.5.